The van der Waals surface area contributed by atoms with Crippen LogP contribution in [-0.2, 0) is 6.54 Å². The molecule has 0 aliphatic carbocycles. The highest BCUT2D eigenvalue weighted by molar-refractivity contribution is 5.79. The number of nitrogens with two attached hydrogens (primary N) is 1. The van der Waals surface area contributed by atoms with Crippen molar-refractivity contribution in [1.82, 2.24) is 9.55 Å². The van der Waals surface area contributed by atoms with Crippen LogP contribution in [0, 0.1) is 11.3 Å². The maximum atomic E-state index is 14.6. The summed E-state index contributed by atoms with van der Waals surface area (Å²) in [7, 11) is 0. The van der Waals surface area contributed by atoms with Gasteiger partial charge in [0.1, 0.15) is 5.67 Å². The Hall–Kier alpha value is -2.91. The summed E-state index contributed by atoms with van der Waals surface area (Å²) < 4.78 is 16.8. The van der Waals surface area contributed by atoms with Crippen molar-refractivity contribution in [2.75, 3.05) is 24.5 Å². The summed E-state index contributed by atoms with van der Waals surface area (Å²) in [6.07, 6.45) is 0.420. The van der Waals surface area contributed by atoms with Gasteiger partial charge in [-0.05, 0) is 29.8 Å². The molecule has 132 valence electrons. The molecule has 2 heterocycles. The van der Waals surface area contributed by atoms with Crippen molar-refractivity contribution in [3.63, 3.8) is 0 Å². The largest absolute Gasteiger partial charge is 0.339 e. The minimum absolute atomic E-state index is 0.0271. The molecule has 4 rings (SSSR count). The Morgan fingerprint density at radius 2 is 1.96 bits per heavy atom. The number of imidazole rings is 1. The summed E-state index contributed by atoms with van der Waals surface area (Å²) in [5.41, 5.74) is 7.87. The van der Waals surface area contributed by atoms with Crippen LogP contribution in [0.15, 0.2) is 48.5 Å². The molecule has 2 N–H and O–H groups in total. The second-order valence-electron chi connectivity index (χ2n) is 6.82. The molecule has 0 spiro atoms. The Morgan fingerprint density at radius 1 is 1.19 bits per heavy atom. The van der Waals surface area contributed by atoms with E-state index in [9.17, 15) is 4.39 Å². The Morgan fingerprint density at radius 3 is 2.65 bits per heavy atom. The molecule has 0 amide bonds. The number of nitrogens with zero attached hydrogens (tertiary/aromatic N) is 4. The second-order valence-corrected chi connectivity index (χ2v) is 6.82. The van der Waals surface area contributed by atoms with E-state index in [0.29, 0.717) is 25.1 Å². The summed E-state index contributed by atoms with van der Waals surface area (Å²) in [4.78, 5) is 6.74. The fourth-order valence-corrected chi connectivity index (χ4v) is 3.50. The molecule has 0 unspecified atom stereocenters. The van der Waals surface area contributed by atoms with Crippen molar-refractivity contribution < 1.29 is 4.39 Å². The summed E-state index contributed by atoms with van der Waals surface area (Å²) in [5.74, 6) is 0.767. The molecule has 1 saturated heterocycles. The maximum Gasteiger partial charge on any atom is 0.206 e. The maximum absolute atomic E-state index is 14.6. The molecule has 0 saturated carbocycles. The number of hydrogen-bond acceptors (Lipinski definition) is 4. The van der Waals surface area contributed by atoms with Gasteiger partial charge in [-0.1, -0.05) is 24.3 Å². The summed E-state index contributed by atoms with van der Waals surface area (Å²) in [5, 5.41) is 8.97. The first-order valence-electron chi connectivity index (χ1n) is 8.70. The van der Waals surface area contributed by atoms with Crippen molar-refractivity contribution in [2.45, 2.75) is 18.6 Å². The highest BCUT2D eigenvalue weighted by atomic mass is 19.1. The first kappa shape index (κ1) is 16.6. The molecule has 2 aromatic carbocycles. The first-order chi connectivity index (χ1) is 12.6. The summed E-state index contributed by atoms with van der Waals surface area (Å²) >= 11 is 0. The van der Waals surface area contributed by atoms with Crippen LogP contribution in [0.1, 0.15) is 17.5 Å². The van der Waals surface area contributed by atoms with Gasteiger partial charge in [0.15, 0.2) is 0 Å². The molecule has 26 heavy (non-hydrogen) atoms. The van der Waals surface area contributed by atoms with Gasteiger partial charge in [-0.3, -0.25) is 0 Å². The van der Waals surface area contributed by atoms with Crippen LogP contribution in [0.3, 0.4) is 0 Å². The molecule has 6 heteroatoms. The van der Waals surface area contributed by atoms with Gasteiger partial charge >= 0.3 is 0 Å². The average Bonchev–Trinajstić information content (AvgIpc) is 3.24. The zero-order valence-corrected chi connectivity index (χ0v) is 14.4. The lowest BCUT2D eigenvalue weighted by molar-refractivity contribution is 0.203. The van der Waals surface area contributed by atoms with E-state index >= 15 is 0 Å². The van der Waals surface area contributed by atoms with Gasteiger partial charge in [0.05, 0.1) is 35.8 Å². The van der Waals surface area contributed by atoms with Crippen LogP contribution >= 0.6 is 0 Å². The SMILES string of the molecule is N#Cc1ccc(Cn2c(N3CC[C@@](F)(CN)C3)nc3ccccc32)cc1. The van der Waals surface area contributed by atoms with Crippen molar-refractivity contribution >= 4 is 17.0 Å². The van der Waals surface area contributed by atoms with E-state index in [-0.39, 0.29) is 13.1 Å². The number of rotatable bonds is 4. The Balaban J connectivity index is 1.73. The van der Waals surface area contributed by atoms with E-state index in [0.717, 1.165) is 22.5 Å². The molecule has 1 aromatic heterocycles. The van der Waals surface area contributed by atoms with Gasteiger partial charge < -0.3 is 15.2 Å². The number of para-hydroxylation sites is 2. The average molecular weight is 349 g/mol. The molecule has 1 aliphatic heterocycles. The summed E-state index contributed by atoms with van der Waals surface area (Å²) in [6.45, 7) is 1.50. The number of fused-ring (bicyclic) bond motifs is 1. The number of benzene rings is 2. The van der Waals surface area contributed by atoms with E-state index in [1.54, 1.807) is 0 Å². The second kappa shape index (κ2) is 6.43. The van der Waals surface area contributed by atoms with E-state index in [2.05, 4.69) is 10.6 Å². The van der Waals surface area contributed by atoms with Crippen molar-refractivity contribution in [1.29, 1.82) is 5.26 Å². The van der Waals surface area contributed by atoms with E-state index < -0.39 is 5.67 Å². The quantitative estimate of drug-likeness (QED) is 0.786. The number of anilines is 1. The van der Waals surface area contributed by atoms with Crippen molar-refractivity contribution in [3.05, 3.63) is 59.7 Å². The third-order valence-corrected chi connectivity index (χ3v) is 5.01. The number of nitriles is 1. The fraction of sp³-hybridized carbons (Fsp3) is 0.300. The molecular weight excluding hydrogens is 329 g/mol. The Kier molecular flexibility index (Phi) is 4.09. The number of hydrogen-bond donors (Lipinski definition) is 1. The number of aromatic nitrogens is 2. The highest BCUT2D eigenvalue weighted by Gasteiger charge is 2.38. The zero-order valence-electron chi connectivity index (χ0n) is 14.4. The van der Waals surface area contributed by atoms with Crippen LogP contribution in [0.2, 0.25) is 0 Å². The fourth-order valence-electron chi connectivity index (χ4n) is 3.50. The van der Waals surface area contributed by atoms with Crippen LogP contribution in [0.4, 0.5) is 10.3 Å². The Labute approximate surface area is 151 Å². The number of halogens is 1. The molecule has 1 fully saturated rings. The summed E-state index contributed by atoms with van der Waals surface area (Å²) in [6, 6.07) is 17.6. The van der Waals surface area contributed by atoms with Crippen LogP contribution in [0.5, 0.6) is 0 Å². The lowest BCUT2D eigenvalue weighted by Crippen LogP contribution is -2.37. The van der Waals surface area contributed by atoms with Gasteiger partial charge in [-0.25, -0.2) is 9.37 Å². The van der Waals surface area contributed by atoms with Crippen molar-refractivity contribution in [2.24, 2.45) is 5.73 Å². The van der Waals surface area contributed by atoms with E-state index in [1.807, 2.05) is 53.4 Å². The molecule has 0 bridgehead atoms. The van der Waals surface area contributed by atoms with Crippen LogP contribution in [-0.4, -0.2) is 34.9 Å². The molecular formula is C20H20FN5. The Bertz CT molecular complexity index is 972. The molecule has 1 atom stereocenters. The number of alkyl halides is 1. The molecule has 5 nitrogen and oxygen atoms in total. The van der Waals surface area contributed by atoms with Gasteiger partial charge in [0, 0.05) is 19.5 Å². The predicted molar refractivity (Wildman–Crippen MR) is 99.7 cm³/mol. The zero-order chi connectivity index (χ0) is 18.1. The third-order valence-electron chi connectivity index (χ3n) is 5.01. The van der Waals surface area contributed by atoms with Gasteiger partial charge in [0.2, 0.25) is 5.95 Å². The highest BCUT2D eigenvalue weighted by Crippen LogP contribution is 2.31. The minimum atomic E-state index is -1.35. The molecule has 1 aliphatic rings. The minimum Gasteiger partial charge on any atom is -0.339 e. The lowest BCUT2D eigenvalue weighted by atomic mass is 10.1. The smallest absolute Gasteiger partial charge is 0.206 e. The van der Waals surface area contributed by atoms with Gasteiger partial charge in [-0.2, -0.15) is 5.26 Å². The van der Waals surface area contributed by atoms with E-state index in [4.69, 9.17) is 16.0 Å². The lowest BCUT2D eigenvalue weighted by Gasteiger charge is -2.21. The van der Waals surface area contributed by atoms with Crippen LogP contribution < -0.4 is 10.6 Å². The van der Waals surface area contributed by atoms with Crippen LogP contribution in [0.25, 0.3) is 11.0 Å². The topological polar surface area (TPSA) is 70.9 Å². The van der Waals surface area contributed by atoms with Gasteiger partial charge in [-0.15, -0.1) is 0 Å². The first-order valence-corrected chi connectivity index (χ1v) is 8.70. The molecule has 3 aromatic rings. The molecule has 0 radical (unpaired) electrons. The van der Waals surface area contributed by atoms with Crippen molar-refractivity contribution in [3.8, 4) is 6.07 Å². The standard InChI is InChI=1S/C20H20FN5/c21-20(13-23)9-10-25(14-20)19-24-17-3-1-2-4-18(17)26(19)12-16-7-5-15(11-22)6-8-16/h1-8H,9-10,12-14,23H2/t20-/m1/s1. The van der Waals surface area contributed by atoms with Gasteiger partial charge in [0.25, 0.3) is 0 Å². The van der Waals surface area contributed by atoms with E-state index in [1.165, 1.54) is 0 Å². The predicted octanol–water partition coefficient (Wildman–Crippen LogP) is 2.83. The third kappa shape index (κ3) is 2.91. The monoisotopic (exact) mass is 349 g/mol. The normalized spacial score (nSPS) is 19.8.